The van der Waals surface area contributed by atoms with Crippen LogP contribution in [0.3, 0.4) is 0 Å². The molecule has 0 spiro atoms. The van der Waals surface area contributed by atoms with Crippen molar-refractivity contribution in [2.24, 2.45) is 0 Å². The summed E-state index contributed by atoms with van der Waals surface area (Å²) in [5.41, 5.74) is 3.26. The fourth-order valence-electron chi connectivity index (χ4n) is 2.62. The average molecular weight is 319 g/mol. The van der Waals surface area contributed by atoms with Gasteiger partial charge in [0.15, 0.2) is 11.5 Å². The van der Waals surface area contributed by atoms with Crippen molar-refractivity contribution in [1.82, 2.24) is 4.98 Å². The molecule has 3 aromatic rings. The van der Waals surface area contributed by atoms with E-state index in [1.165, 1.54) is 0 Å². The van der Waals surface area contributed by atoms with E-state index >= 15 is 0 Å². The van der Waals surface area contributed by atoms with Crippen molar-refractivity contribution < 1.29 is 14.2 Å². The van der Waals surface area contributed by atoms with E-state index in [0.29, 0.717) is 19.8 Å². The lowest BCUT2D eigenvalue weighted by Crippen LogP contribution is -2.15. The van der Waals surface area contributed by atoms with Crippen molar-refractivity contribution in [3.8, 4) is 28.4 Å². The number of rotatable bonds is 4. The summed E-state index contributed by atoms with van der Waals surface area (Å²) in [6, 6.07) is 18.0. The highest BCUT2D eigenvalue weighted by molar-refractivity contribution is 5.67. The van der Waals surface area contributed by atoms with Crippen LogP contribution in [-0.4, -0.2) is 18.2 Å². The summed E-state index contributed by atoms with van der Waals surface area (Å²) in [5, 5.41) is 0. The van der Waals surface area contributed by atoms with Crippen LogP contribution in [0.15, 0.2) is 67.0 Å². The zero-order valence-electron chi connectivity index (χ0n) is 13.1. The van der Waals surface area contributed by atoms with E-state index in [0.717, 1.165) is 33.9 Å². The standard InChI is InChI=1S/C20H17NO3/c1-2-15(13-21-9-1)14-24-18-6-3-16(4-7-18)17-5-8-19-20(12-17)23-11-10-22-19/h1-9,12-13H,10-11,14H2. The van der Waals surface area contributed by atoms with Crippen molar-refractivity contribution in [3.63, 3.8) is 0 Å². The van der Waals surface area contributed by atoms with Crippen molar-refractivity contribution in [2.45, 2.75) is 6.61 Å². The van der Waals surface area contributed by atoms with Gasteiger partial charge in [0.2, 0.25) is 0 Å². The zero-order chi connectivity index (χ0) is 16.2. The Morgan fingerprint density at radius 3 is 2.46 bits per heavy atom. The molecule has 1 aliphatic rings. The van der Waals surface area contributed by atoms with Gasteiger partial charge in [0.05, 0.1) is 0 Å². The summed E-state index contributed by atoms with van der Waals surface area (Å²) in [6.07, 6.45) is 3.56. The second-order valence-corrected chi connectivity index (χ2v) is 5.53. The van der Waals surface area contributed by atoms with Gasteiger partial charge in [-0.1, -0.05) is 24.3 Å². The van der Waals surface area contributed by atoms with Crippen LogP contribution in [0.1, 0.15) is 5.56 Å². The number of aromatic nitrogens is 1. The molecule has 0 unspecified atom stereocenters. The monoisotopic (exact) mass is 319 g/mol. The van der Waals surface area contributed by atoms with Crippen LogP contribution < -0.4 is 14.2 Å². The molecule has 1 aliphatic heterocycles. The van der Waals surface area contributed by atoms with E-state index in [1.54, 1.807) is 6.20 Å². The first-order chi connectivity index (χ1) is 11.9. The molecule has 120 valence electrons. The highest BCUT2D eigenvalue weighted by Gasteiger charge is 2.12. The molecular weight excluding hydrogens is 302 g/mol. The van der Waals surface area contributed by atoms with E-state index in [1.807, 2.05) is 60.8 Å². The fourth-order valence-corrected chi connectivity index (χ4v) is 2.62. The van der Waals surface area contributed by atoms with Gasteiger partial charge in [0.25, 0.3) is 0 Å². The normalized spacial score (nSPS) is 12.7. The molecule has 4 rings (SSSR count). The van der Waals surface area contributed by atoms with Gasteiger partial charge >= 0.3 is 0 Å². The summed E-state index contributed by atoms with van der Waals surface area (Å²) in [7, 11) is 0. The number of ether oxygens (including phenoxy) is 3. The van der Waals surface area contributed by atoms with Crippen molar-refractivity contribution in [3.05, 3.63) is 72.6 Å². The molecule has 4 nitrogen and oxygen atoms in total. The summed E-state index contributed by atoms with van der Waals surface area (Å²) in [4.78, 5) is 4.08. The molecule has 2 heterocycles. The van der Waals surface area contributed by atoms with Crippen LogP contribution in [0.5, 0.6) is 17.2 Å². The van der Waals surface area contributed by atoms with Gasteiger partial charge in [0, 0.05) is 18.0 Å². The minimum atomic E-state index is 0.511. The Bertz CT molecular complexity index is 816. The first-order valence-electron chi connectivity index (χ1n) is 7.90. The number of fused-ring (bicyclic) bond motifs is 1. The van der Waals surface area contributed by atoms with Gasteiger partial charge in [-0.05, 0) is 41.5 Å². The Labute approximate surface area is 140 Å². The molecule has 24 heavy (non-hydrogen) atoms. The quantitative estimate of drug-likeness (QED) is 0.726. The Hall–Kier alpha value is -3.01. The molecule has 0 saturated carbocycles. The molecule has 1 aromatic heterocycles. The van der Waals surface area contributed by atoms with Crippen LogP contribution in [-0.2, 0) is 6.61 Å². The third kappa shape index (κ3) is 3.18. The van der Waals surface area contributed by atoms with Crippen LogP contribution >= 0.6 is 0 Å². The van der Waals surface area contributed by atoms with E-state index < -0.39 is 0 Å². The average Bonchev–Trinajstić information content (AvgIpc) is 2.67. The molecule has 0 bridgehead atoms. The van der Waals surface area contributed by atoms with Crippen LogP contribution in [0.25, 0.3) is 11.1 Å². The molecule has 0 radical (unpaired) electrons. The Balaban J connectivity index is 1.47. The molecule has 0 fully saturated rings. The SMILES string of the molecule is c1cncc(COc2ccc(-c3ccc4c(c3)OCCO4)cc2)c1. The van der Waals surface area contributed by atoms with Crippen molar-refractivity contribution >= 4 is 0 Å². The largest absolute Gasteiger partial charge is 0.489 e. The summed E-state index contributed by atoms with van der Waals surface area (Å²) in [6.45, 7) is 1.71. The molecule has 0 aliphatic carbocycles. The van der Waals surface area contributed by atoms with Gasteiger partial charge < -0.3 is 14.2 Å². The molecule has 0 N–H and O–H groups in total. The maximum absolute atomic E-state index is 5.79. The second kappa shape index (κ2) is 6.62. The minimum Gasteiger partial charge on any atom is -0.489 e. The van der Waals surface area contributed by atoms with E-state index in [9.17, 15) is 0 Å². The minimum absolute atomic E-state index is 0.511. The maximum Gasteiger partial charge on any atom is 0.161 e. The number of hydrogen-bond donors (Lipinski definition) is 0. The first kappa shape index (κ1) is 14.6. The lowest BCUT2D eigenvalue weighted by Gasteiger charge is -2.19. The van der Waals surface area contributed by atoms with E-state index in [-0.39, 0.29) is 0 Å². The summed E-state index contributed by atoms with van der Waals surface area (Å²) in [5.74, 6) is 2.44. The van der Waals surface area contributed by atoms with Crippen molar-refractivity contribution in [2.75, 3.05) is 13.2 Å². The van der Waals surface area contributed by atoms with Gasteiger partial charge in [-0.15, -0.1) is 0 Å². The topological polar surface area (TPSA) is 40.6 Å². The van der Waals surface area contributed by atoms with E-state index in [4.69, 9.17) is 14.2 Å². The Kier molecular flexibility index (Phi) is 4.02. The number of pyridine rings is 1. The highest BCUT2D eigenvalue weighted by Crippen LogP contribution is 2.34. The summed E-state index contributed by atoms with van der Waals surface area (Å²) >= 11 is 0. The Morgan fingerprint density at radius 2 is 1.67 bits per heavy atom. The zero-order valence-corrected chi connectivity index (χ0v) is 13.1. The maximum atomic E-state index is 5.79. The molecule has 4 heteroatoms. The molecular formula is C20H17NO3. The number of hydrogen-bond acceptors (Lipinski definition) is 4. The Morgan fingerprint density at radius 1 is 0.875 bits per heavy atom. The summed E-state index contributed by atoms with van der Waals surface area (Å²) < 4.78 is 17.0. The van der Waals surface area contributed by atoms with Crippen LogP contribution in [0.2, 0.25) is 0 Å². The molecule has 0 amide bonds. The van der Waals surface area contributed by atoms with Gasteiger partial charge in [0.1, 0.15) is 25.6 Å². The molecule has 0 atom stereocenters. The predicted molar refractivity (Wildman–Crippen MR) is 91.4 cm³/mol. The highest BCUT2D eigenvalue weighted by atomic mass is 16.6. The molecule has 2 aromatic carbocycles. The predicted octanol–water partition coefficient (Wildman–Crippen LogP) is 4.10. The lowest BCUT2D eigenvalue weighted by atomic mass is 10.0. The van der Waals surface area contributed by atoms with Crippen molar-refractivity contribution in [1.29, 1.82) is 0 Å². The number of benzene rings is 2. The van der Waals surface area contributed by atoms with Crippen LogP contribution in [0, 0.1) is 0 Å². The van der Waals surface area contributed by atoms with Gasteiger partial charge in [-0.2, -0.15) is 0 Å². The van der Waals surface area contributed by atoms with Gasteiger partial charge in [-0.3, -0.25) is 4.98 Å². The smallest absolute Gasteiger partial charge is 0.161 e. The first-order valence-corrected chi connectivity index (χ1v) is 7.90. The van der Waals surface area contributed by atoms with Crippen LogP contribution in [0.4, 0.5) is 0 Å². The third-order valence-corrected chi connectivity index (χ3v) is 3.86. The lowest BCUT2D eigenvalue weighted by molar-refractivity contribution is 0.171. The third-order valence-electron chi connectivity index (χ3n) is 3.86. The van der Waals surface area contributed by atoms with Gasteiger partial charge in [-0.25, -0.2) is 0 Å². The number of nitrogens with zero attached hydrogens (tertiary/aromatic N) is 1. The van der Waals surface area contributed by atoms with E-state index in [2.05, 4.69) is 4.98 Å². The second-order valence-electron chi connectivity index (χ2n) is 5.53. The molecule has 0 saturated heterocycles. The fraction of sp³-hybridized carbons (Fsp3) is 0.150.